The fraction of sp³-hybridized carbons (Fsp3) is 0.538. The quantitative estimate of drug-likeness (QED) is 0.794. The lowest BCUT2D eigenvalue weighted by molar-refractivity contribution is 0.243. The molecule has 0 aromatic heterocycles. The van der Waals surface area contributed by atoms with Crippen molar-refractivity contribution in [3.63, 3.8) is 0 Å². The van der Waals surface area contributed by atoms with Crippen LogP contribution in [0.5, 0.6) is 0 Å². The van der Waals surface area contributed by atoms with E-state index in [1.165, 1.54) is 16.7 Å². The third kappa shape index (κ3) is 3.33. The third-order valence-electron chi connectivity index (χ3n) is 2.84. The molecule has 0 heterocycles. The zero-order valence-electron chi connectivity index (χ0n) is 10.0. The second-order valence-corrected chi connectivity index (χ2v) is 4.32. The van der Waals surface area contributed by atoms with Gasteiger partial charge in [-0.15, -0.1) is 0 Å². The smallest absolute Gasteiger partial charge is 0.0582 e. The molecule has 0 amide bonds. The first-order chi connectivity index (χ1) is 7.04. The highest BCUT2D eigenvalue weighted by atomic mass is 16.3. The topological polar surface area (TPSA) is 32.3 Å². The fourth-order valence-electron chi connectivity index (χ4n) is 1.61. The lowest BCUT2D eigenvalue weighted by Crippen LogP contribution is -2.31. The summed E-state index contributed by atoms with van der Waals surface area (Å²) in [6.07, 6.45) is 0. The Morgan fingerprint density at radius 1 is 1.20 bits per heavy atom. The van der Waals surface area contributed by atoms with Gasteiger partial charge in [0.1, 0.15) is 0 Å². The van der Waals surface area contributed by atoms with Crippen LogP contribution in [0.1, 0.15) is 36.6 Å². The number of aliphatic hydroxyl groups excluding tert-OH is 1. The average molecular weight is 207 g/mol. The van der Waals surface area contributed by atoms with Gasteiger partial charge >= 0.3 is 0 Å². The normalized spacial score (nSPS) is 15.0. The van der Waals surface area contributed by atoms with Gasteiger partial charge in [0.25, 0.3) is 0 Å². The molecule has 0 bridgehead atoms. The predicted octanol–water partition coefficient (Wildman–Crippen LogP) is 2.33. The summed E-state index contributed by atoms with van der Waals surface area (Å²) in [6.45, 7) is 8.53. The molecule has 0 aliphatic heterocycles. The number of nitrogens with one attached hydrogen (secondary N) is 1. The molecule has 0 aliphatic carbocycles. The minimum absolute atomic E-state index is 0.140. The number of rotatable bonds is 4. The Bertz CT molecular complexity index is 322. The molecule has 1 unspecified atom stereocenters. The molecule has 1 aromatic rings. The Morgan fingerprint density at radius 3 is 2.40 bits per heavy atom. The van der Waals surface area contributed by atoms with Gasteiger partial charge in [-0.1, -0.05) is 18.2 Å². The molecular formula is C13H21NO. The van der Waals surface area contributed by atoms with Crippen LogP contribution in [0.15, 0.2) is 18.2 Å². The maximum absolute atomic E-state index is 8.97. The Kier molecular flexibility index (Phi) is 4.30. The van der Waals surface area contributed by atoms with Crippen LogP contribution in [0.4, 0.5) is 0 Å². The van der Waals surface area contributed by atoms with E-state index in [4.69, 9.17) is 5.11 Å². The Labute approximate surface area is 92.3 Å². The van der Waals surface area contributed by atoms with Gasteiger partial charge in [-0.2, -0.15) is 0 Å². The highest BCUT2D eigenvalue weighted by Gasteiger charge is 2.08. The van der Waals surface area contributed by atoms with E-state index >= 15 is 0 Å². The van der Waals surface area contributed by atoms with Gasteiger partial charge in [-0.25, -0.2) is 0 Å². The van der Waals surface area contributed by atoms with Crippen LogP contribution in [-0.4, -0.2) is 17.8 Å². The summed E-state index contributed by atoms with van der Waals surface area (Å²) in [7, 11) is 0. The van der Waals surface area contributed by atoms with Gasteiger partial charge in [0.05, 0.1) is 6.61 Å². The number of benzene rings is 1. The Hall–Kier alpha value is -0.860. The van der Waals surface area contributed by atoms with Crippen molar-refractivity contribution in [3.8, 4) is 0 Å². The molecule has 0 fully saturated rings. The first-order valence-electron chi connectivity index (χ1n) is 5.48. The minimum atomic E-state index is 0.140. The molecule has 0 aliphatic rings. The zero-order chi connectivity index (χ0) is 11.4. The van der Waals surface area contributed by atoms with Crippen LogP contribution in [0, 0.1) is 13.8 Å². The van der Waals surface area contributed by atoms with Crippen molar-refractivity contribution in [2.45, 2.75) is 39.8 Å². The summed E-state index contributed by atoms with van der Waals surface area (Å²) >= 11 is 0. The highest BCUT2D eigenvalue weighted by Crippen LogP contribution is 2.17. The first kappa shape index (κ1) is 12.2. The van der Waals surface area contributed by atoms with E-state index in [-0.39, 0.29) is 18.7 Å². The van der Waals surface area contributed by atoms with Crippen molar-refractivity contribution in [2.75, 3.05) is 6.61 Å². The number of aliphatic hydroxyl groups is 1. The van der Waals surface area contributed by atoms with Crippen molar-refractivity contribution in [1.29, 1.82) is 0 Å². The zero-order valence-corrected chi connectivity index (χ0v) is 10.0. The van der Waals surface area contributed by atoms with Gasteiger partial charge in [-0.3, -0.25) is 0 Å². The summed E-state index contributed by atoms with van der Waals surface area (Å²) in [6, 6.07) is 6.92. The van der Waals surface area contributed by atoms with Crippen LogP contribution in [0.2, 0.25) is 0 Å². The lowest BCUT2D eigenvalue weighted by Gasteiger charge is -2.19. The lowest BCUT2D eigenvalue weighted by atomic mass is 10.0. The molecule has 1 rings (SSSR count). The summed E-state index contributed by atoms with van der Waals surface area (Å²) < 4.78 is 0. The van der Waals surface area contributed by atoms with Gasteiger partial charge in [0.2, 0.25) is 0 Å². The highest BCUT2D eigenvalue weighted by molar-refractivity contribution is 5.31. The molecule has 0 radical (unpaired) electrons. The molecule has 1 aromatic carbocycles. The van der Waals surface area contributed by atoms with Gasteiger partial charge in [0.15, 0.2) is 0 Å². The molecule has 2 atom stereocenters. The second-order valence-electron chi connectivity index (χ2n) is 4.32. The maximum Gasteiger partial charge on any atom is 0.0582 e. The second kappa shape index (κ2) is 5.29. The molecule has 2 heteroatoms. The van der Waals surface area contributed by atoms with E-state index in [0.717, 1.165) is 0 Å². The van der Waals surface area contributed by atoms with Crippen LogP contribution in [-0.2, 0) is 0 Å². The van der Waals surface area contributed by atoms with E-state index in [1.807, 2.05) is 6.92 Å². The van der Waals surface area contributed by atoms with E-state index in [9.17, 15) is 0 Å². The average Bonchev–Trinajstić information content (AvgIpc) is 2.21. The first-order valence-corrected chi connectivity index (χ1v) is 5.48. The van der Waals surface area contributed by atoms with Crippen molar-refractivity contribution >= 4 is 0 Å². The standard InChI is InChI=1S/C13H21NO/c1-9-5-6-13(7-10(9)2)12(4)14-11(3)8-15/h5-7,11-12,14-15H,8H2,1-4H3/t11-,12?/m1/s1. The molecule has 2 N–H and O–H groups in total. The van der Waals surface area contributed by atoms with E-state index in [0.29, 0.717) is 0 Å². The molecule has 2 nitrogen and oxygen atoms in total. The van der Waals surface area contributed by atoms with Crippen molar-refractivity contribution in [2.24, 2.45) is 0 Å². The number of aryl methyl sites for hydroxylation is 2. The molecule has 15 heavy (non-hydrogen) atoms. The van der Waals surface area contributed by atoms with Crippen molar-refractivity contribution in [1.82, 2.24) is 5.32 Å². The molecular weight excluding hydrogens is 186 g/mol. The number of hydrogen-bond acceptors (Lipinski definition) is 2. The van der Waals surface area contributed by atoms with Gasteiger partial charge in [-0.05, 0) is 44.4 Å². The maximum atomic E-state index is 8.97. The summed E-state index contributed by atoms with van der Waals surface area (Å²) in [5, 5.41) is 12.3. The van der Waals surface area contributed by atoms with E-state index in [2.05, 4.69) is 44.3 Å². The van der Waals surface area contributed by atoms with Gasteiger partial charge < -0.3 is 10.4 Å². The molecule has 0 saturated heterocycles. The monoisotopic (exact) mass is 207 g/mol. The minimum Gasteiger partial charge on any atom is -0.395 e. The summed E-state index contributed by atoms with van der Waals surface area (Å²) in [5.74, 6) is 0. The Balaban J connectivity index is 2.73. The van der Waals surface area contributed by atoms with Crippen LogP contribution in [0.3, 0.4) is 0 Å². The molecule has 0 saturated carbocycles. The van der Waals surface area contributed by atoms with Crippen LogP contribution < -0.4 is 5.32 Å². The van der Waals surface area contributed by atoms with Crippen molar-refractivity contribution in [3.05, 3.63) is 34.9 Å². The van der Waals surface area contributed by atoms with Crippen molar-refractivity contribution < 1.29 is 5.11 Å². The molecule has 0 spiro atoms. The SMILES string of the molecule is Cc1ccc(C(C)N[C@H](C)CO)cc1C. The third-order valence-corrected chi connectivity index (χ3v) is 2.84. The van der Waals surface area contributed by atoms with Gasteiger partial charge in [0, 0.05) is 12.1 Å². The predicted molar refractivity (Wildman–Crippen MR) is 64.0 cm³/mol. The van der Waals surface area contributed by atoms with E-state index in [1.54, 1.807) is 0 Å². The van der Waals surface area contributed by atoms with Crippen LogP contribution in [0.25, 0.3) is 0 Å². The Morgan fingerprint density at radius 2 is 1.87 bits per heavy atom. The van der Waals surface area contributed by atoms with E-state index < -0.39 is 0 Å². The number of hydrogen-bond donors (Lipinski definition) is 2. The van der Waals surface area contributed by atoms with Crippen LogP contribution >= 0.6 is 0 Å². The molecule has 84 valence electrons. The fourth-order valence-corrected chi connectivity index (χ4v) is 1.61. The summed E-state index contributed by atoms with van der Waals surface area (Å²) in [4.78, 5) is 0. The largest absolute Gasteiger partial charge is 0.395 e. The summed E-state index contributed by atoms with van der Waals surface area (Å²) in [5.41, 5.74) is 3.91.